The molecule has 2 fully saturated rings. The van der Waals surface area contributed by atoms with Crippen molar-refractivity contribution < 1.29 is 4.74 Å². The summed E-state index contributed by atoms with van der Waals surface area (Å²) in [4.78, 5) is 2.37. The maximum Gasteiger partial charge on any atom is 0.0771 e. The Balaban J connectivity index is 1.93. The van der Waals surface area contributed by atoms with Crippen molar-refractivity contribution in [3.05, 3.63) is 29.3 Å². The zero-order valence-corrected chi connectivity index (χ0v) is 8.57. The van der Waals surface area contributed by atoms with Crippen molar-refractivity contribution in [2.45, 2.75) is 18.6 Å². The van der Waals surface area contributed by atoms with Crippen LogP contribution in [0.1, 0.15) is 6.42 Å². The van der Waals surface area contributed by atoms with Crippen molar-refractivity contribution in [2.75, 3.05) is 18.1 Å². The number of fused-ring (bicyclic) bond motifs is 2. The van der Waals surface area contributed by atoms with E-state index in [0.29, 0.717) is 12.1 Å². The number of halogens is 1. The average Bonchev–Trinajstić information content (AvgIpc) is 2.79. The molecule has 0 amide bonds. The molecular weight excluding hydrogens is 198 g/mol. The maximum atomic E-state index is 6.16. The fourth-order valence-electron chi connectivity index (χ4n) is 2.38. The smallest absolute Gasteiger partial charge is 0.0771 e. The minimum Gasteiger partial charge on any atom is -0.374 e. The molecule has 1 aromatic rings. The summed E-state index contributed by atoms with van der Waals surface area (Å²) in [5.41, 5.74) is 1.16. The summed E-state index contributed by atoms with van der Waals surface area (Å²) in [5.74, 6) is 0. The molecule has 0 aromatic heterocycles. The van der Waals surface area contributed by atoms with Gasteiger partial charge in [0.2, 0.25) is 0 Å². The Kier molecular flexibility index (Phi) is 1.92. The molecule has 2 aliphatic heterocycles. The third-order valence-corrected chi connectivity index (χ3v) is 3.38. The lowest BCUT2D eigenvalue weighted by molar-refractivity contribution is 0.0991. The number of hydrogen-bond donors (Lipinski definition) is 0. The van der Waals surface area contributed by atoms with Crippen LogP contribution in [0.25, 0.3) is 0 Å². The second-order valence-corrected chi connectivity index (χ2v) is 4.36. The standard InChI is InChI=1S/C11H12ClNO/c12-10-3-1-2-4-11(10)13-6-9-5-8(13)7-14-9/h1-4,8-9H,5-7H2. The van der Waals surface area contributed by atoms with Gasteiger partial charge in [-0.15, -0.1) is 0 Å². The monoisotopic (exact) mass is 209 g/mol. The first kappa shape index (κ1) is 8.57. The summed E-state index contributed by atoms with van der Waals surface area (Å²) in [6, 6.07) is 8.58. The topological polar surface area (TPSA) is 12.5 Å². The van der Waals surface area contributed by atoms with Gasteiger partial charge in [0.05, 0.1) is 29.5 Å². The lowest BCUT2D eigenvalue weighted by Crippen LogP contribution is -2.37. The largest absolute Gasteiger partial charge is 0.374 e. The molecule has 2 aliphatic rings. The van der Waals surface area contributed by atoms with Crippen LogP contribution in [0.15, 0.2) is 24.3 Å². The fourth-order valence-corrected chi connectivity index (χ4v) is 2.62. The highest BCUT2D eigenvalue weighted by atomic mass is 35.5. The van der Waals surface area contributed by atoms with E-state index in [1.54, 1.807) is 0 Å². The second kappa shape index (κ2) is 3.14. The highest BCUT2D eigenvalue weighted by Gasteiger charge is 2.39. The van der Waals surface area contributed by atoms with Gasteiger partial charge in [0, 0.05) is 6.54 Å². The van der Waals surface area contributed by atoms with Crippen LogP contribution in [0.3, 0.4) is 0 Å². The number of hydrogen-bond acceptors (Lipinski definition) is 2. The number of anilines is 1. The van der Waals surface area contributed by atoms with Crippen LogP contribution in [-0.4, -0.2) is 25.3 Å². The number of morpholine rings is 1. The van der Waals surface area contributed by atoms with Crippen molar-refractivity contribution in [1.29, 1.82) is 0 Å². The van der Waals surface area contributed by atoms with Crippen LogP contribution in [0.5, 0.6) is 0 Å². The molecule has 14 heavy (non-hydrogen) atoms. The van der Waals surface area contributed by atoms with Crippen LogP contribution in [0.2, 0.25) is 5.02 Å². The van der Waals surface area contributed by atoms with E-state index in [9.17, 15) is 0 Å². The van der Waals surface area contributed by atoms with E-state index in [2.05, 4.69) is 11.0 Å². The number of para-hydroxylation sites is 1. The van der Waals surface area contributed by atoms with Crippen molar-refractivity contribution in [3.8, 4) is 0 Å². The van der Waals surface area contributed by atoms with E-state index in [1.165, 1.54) is 0 Å². The first-order chi connectivity index (χ1) is 6.84. The van der Waals surface area contributed by atoms with Crippen LogP contribution in [0.4, 0.5) is 5.69 Å². The average molecular weight is 210 g/mol. The zero-order chi connectivity index (χ0) is 9.54. The molecule has 2 atom stereocenters. The molecule has 2 nitrogen and oxygen atoms in total. The lowest BCUT2D eigenvalue weighted by Gasteiger charge is -2.29. The van der Waals surface area contributed by atoms with Gasteiger partial charge in [-0.2, -0.15) is 0 Å². The van der Waals surface area contributed by atoms with Gasteiger partial charge in [-0.05, 0) is 18.6 Å². The molecule has 2 unspecified atom stereocenters. The maximum absolute atomic E-state index is 6.16. The first-order valence-corrected chi connectivity index (χ1v) is 5.35. The summed E-state index contributed by atoms with van der Waals surface area (Å²) in [5, 5.41) is 0.847. The zero-order valence-electron chi connectivity index (χ0n) is 7.82. The Bertz CT molecular complexity index is 355. The van der Waals surface area contributed by atoms with Crippen LogP contribution in [-0.2, 0) is 4.74 Å². The van der Waals surface area contributed by atoms with Crippen LogP contribution >= 0.6 is 11.6 Å². The molecule has 2 bridgehead atoms. The normalized spacial score (nSPS) is 29.9. The molecule has 3 heteroatoms. The predicted octanol–water partition coefficient (Wildman–Crippen LogP) is 2.32. The highest BCUT2D eigenvalue weighted by molar-refractivity contribution is 6.33. The van der Waals surface area contributed by atoms with Gasteiger partial charge in [0.25, 0.3) is 0 Å². The third-order valence-electron chi connectivity index (χ3n) is 3.06. The molecule has 2 heterocycles. The lowest BCUT2D eigenvalue weighted by atomic mass is 10.2. The summed E-state index contributed by atoms with van der Waals surface area (Å²) in [7, 11) is 0. The predicted molar refractivity (Wildman–Crippen MR) is 56.9 cm³/mol. The van der Waals surface area contributed by atoms with E-state index in [0.717, 1.165) is 30.3 Å². The molecule has 0 N–H and O–H groups in total. The third kappa shape index (κ3) is 1.22. The number of ether oxygens (including phenoxy) is 1. The van der Waals surface area contributed by atoms with Crippen LogP contribution < -0.4 is 4.90 Å². The molecule has 0 saturated carbocycles. The molecule has 2 saturated heterocycles. The molecular formula is C11H12ClNO. The summed E-state index contributed by atoms with van der Waals surface area (Å²) < 4.78 is 5.56. The van der Waals surface area contributed by atoms with Crippen molar-refractivity contribution in [2.24, 2.45) is 0 Å². The van der Waals surface area contributed by atoms with E-state index in [1.807, 2.05) is 18.2 Å². The van der Waals surface area contributed by atoms with Crippen molar-refractivity contribution >= 4 is 17.3 Å². The van der Waals surface area contributed by atoms with Gasteiger partial charge < -0.3 is 9.64 Å². The van der Waals surface area contributed by atoms with Crippen molar-refractivity contribution in [1.82, 2.24) is 0 Å². The Labute approximate surface area is 88.4 Å². The van der Waals surface area contributed by atoms with Crippen molar-refractivity contribution in [3.63, 3.8) is 0 Å². The Morgan fingerprint density at radius 2 is 2.21 bits per heavy atom. The highest BCUT2D eigenvalue weighted by Crippen LogP contribution is 2.35. The van der Waals surface area contributed by atoms with E-state index in [4.69, 9.17) is 16.3 Å². The van der Waals surface area contributed by atoms with E-state index < -0.39 is 0 Å². The number of benzene rings is 1. The SMILES string of the molecule is Clc1ccccc1N1CC2CC1CO2. The second-order valence-electron chi connectivity index (χ2n) is 3.95. The van der Waals surface area contributed by atoms with Gasteiger partial charge in [-0.3, -0.25) is 0 Å². The number of rotatable bonds is 1. The molecule has 0 spiro atoms. The first-order valence-electron chi connectivity index (χ1n) is 4.97. The molecule has 0 radical (unpaired) electrons. The Morgan fingerprint density at radius 1 is 1.36 bits per heavy atom. The molecule has 74 valence electrons. The summed E-state index contributed by atoms with van der Waals surface area (Å²) >= 11 is 6.16. The Morgan fingerprint density at radius 3 is 2.86 bits per heavy atom. The summed E-state index contributed by atoms with van der Waals surface area (Å²) in [6.45, 7) is 1.85. The summed E-state index contributed by atoms with van der Waals surface area (Å²) in [6.07, 6.45) is 1.59. The molecule has 0 aliphatic carbocycles. The minimum atomic E-state index is 0.427. The quantitative estimate of drug-likeness (QED) is 0.704. The van der Waals surface area contributed by atoms with Gasteiger partial charge >= 0.3 is 0 Å². The van der Waals surface area contributed by atoms with Gasteiger partial charge in [0.15, 0.2) is 0 Å². The van der Waals surface area contributed by atoms with Gasteiger partial charge in [-0.25, -0.2) is 0 Å². The van der Waals surface area contributed by atoms with Crippen LogP contribution in [0, 0.1) is 0 Å². The van der Waals surface area contributed by atoms with E-state index in [-0.39, 0.29) is 0 Å². The Hall–Kier alpha value is -0.730. The van der Waals surface area contributed by atoms with E-state index >= 15 is 0 Å². The van der Waals surface area contributed by atoms with Gasteiger partial charge in [-0.1, -0.05) is 23.7 Å². The molecule has 3 rings (SSSR count). The number of nitrogens with zero attached hydrogens (tertiary/aromatic N) is 1. The molecule has 1 aromatic carbocycles. The van der Waals surface area contributed by atoms with Gasteiger partial charge in [0.1, 0.15) is 0 Å². The fraction of sp³-hybridized carbons (Fsp3) is 0.455. The minimum absolute atomic E-state index is 0.427.